The lowest BCUT2D eigenvalue weighted by Gasteiger charge is -2.10. The van der Waals surface area contributed by atoms with Crippen LogP contribution in [0.4, 0.5) is 4.79 Å². The Morgan fingerprint density at radius 3 is 2.50 bits per heavy atom. The minimum absolute atomic E-state index is 0.0405. The van der Waals surface area contributed by atoms with Gasteiger partial charge in [0, 0.05) is 5.56 Å². The van der Waals surface area contributed by atoms with E-state index in [1.807, 2.05) is 48.5 Å². The lowest BCUT2D eigenvalue weighted by Crippen LogP contribution is -2.24. The average Bonchev–Trinajstić information content (AvgIpc) is 2.47. The maximum atomic E-state index is 10.6. The van der Waals surface area contributed by atoms with Crippen LogP contribution < -0.4 is 11.2 Å². The number of carbonyl (C=O) groups excluding carboxylic acids is 1. The van der Waals surface area contributed by atoms with Crippen molar-refractivity contribution in [1.29, 1.82) is 0 Å². The molecule has 0 saturated carbocycles. The van der Waals surface area contributed by atoms with Crippen LogP contribution in [0.5, 0.6) is 0 Å². The maximum Gasteiger partial charge on any atom is 0.332 e. The molecule has 0 saturated heterocycles. The normalized spacial score (nSPS) is 10.7. The maximum absolute atomic E-state index is 10.6. The Hall–Kier alpha value is -2.66. The lowest BCUT2D eigenvalue weighted by atomic mass is 9.96. The fourth-order valence-corrected chi connectivity index (χ4v) is 1.94. The van der Waals surface area contributed by atoms with Crippen LogP contribution in [-0.4, -0.2) is 17.4 Å². The third-order valence-corrected chi connectivity index (χ3v) is 2.82. The van der Waals surface area contributed by atoms with Crippen LogP contribution in [-0.2, 0) is 6.61 Å². The minimum atomic E-state index is -0.713. The van der Waals surface area contributed by atoms with Crippen molar-refractivity contribution < 1.29 is 9.90 Å². The summed E-state index contributed by atoms with van der Waals surface area (Å²) in [6.07, 6.45) is 1.52. The SMILES string of the molecule is NC(=O)NN=Cc1ccccc1-c1ccccc1CO. The highest BCUT2D eigenvalue weighted by molar-refractivity contribution is 5.91. The van der Waals surface area contributed by atoms with Gasteiger partial charge in [0.25, 0.3) is 0 Å². The predicted molar refractivity (Wildman–Crippen MR) is 78.1 cm³/mol. The first-order valence-corrected chi connectivity index (χ1v) is 6.09. The molecule has 2 rings (SSSR count). The Kier molecular flexibility index (Phi) is 4.47. The van der Waals surface area contributed by atoms with Crippen molar-refractivity contribution in [2.75, 3.05) is 0 Å². The molecule has 0 unspecified atom stereocenters. The van der Waals surface area contributed by atoms with Gasteiger partial charge in [0.15, 0.2) is 0 Å². The fraction of sp³-hybridized carbons (Fsp3) is 0.0667. The van der Waals surface area contributed by atoms with Gasteiger partial charge in [0.2, 0.25) is 0 Å². The van der Waals surface area contributed by atoms with Gasteiger partial charge in [-0.1, -0.05) is 48.5 Å². The number of amides is 2. The van der Waals surface area contributed by atoms with E-state index >= 15 is 0 Å². The van der Waals surface area contributed by atoms with Crippen LogP contribution in [0.15, 0.2) is 53.6 Å². The third kappa shape index (κ3) is 3.21. The Morgan fingerprint density at radius 1 is 1.15 bits per heavy atom. The molecule has 0 aliphatic heterocycles. The summed E-state index contributed by atoms with van der Waals surface area (Å²) in [7, 11) is 0. The molecule has 0 fully saturated rings. The molecule has 0 radical (unpaired) electrons. The van der Waals surface area contributed by atoms with E-state index in [1.54, 1.807) is 0 Å². The van der Waals surface area contributed by atoms with Crippen molar-refractivity contribution in [3.8, 4) is 11.1 Å². The summed E-state index contributed by atoms with van der Waals surface area (Å²) >= 11 is 0. The zero-order valence-electron chi connectivity index (χ0n) is 10.8. The number of aliphatic hydroxyl groups excluding tert-OH is 1. The number of benzene rings is 2. The molecule has 5 heteroatoms. The van der Waals surface area contributed by atoms with Gasteiger partial charge < -0.3 is 10.8 Å². The number of nitrogens with zero attached hydrogens (tertiary/aromatic N) is 1. The van der Waals surface area contributed by atoms with E-state index in [0.717, 1.165) is 22.3 Å². The van der Waals surface area contributed by atoms with E-state index in [2.05, 4.69) is 10.5 Å². The van der Waals surface area contributed by atoms with E-state index < -0.39 is 6.03 Å². The van der Waals surface area contributed by atoms with Crippen molar-refractivity contribution >= 4 is 12.2 Å². The second kappa shape index (κ2) is 6.49. The highest BCUT2D eigenvalue weighted by Gasteiger charge is 2.07. The first kappa shape index (κ1) is 13.8. The number of rotatable bonds is 4. The molecule has 2 aromatic carbocycles. The summed E-state index contributed by atoms with van der Waals surface area (Å²) in [6, 6.07) is 14.4. The van der Waals surface area contributed by atoms with Crippen LogP contribution in [0.2, 0.25) is 0 Å². The zero-order chi connectivity index (χ0) is 14.4. The molecule has 5 nitrogen and oxygen atoms in total. The number of nitrogens with one attached hydrogen (secondary N) is 1. The van der Waals surface area contributed by atoms with Gasteiger partial charge >= 0.3 is 6.03 Å². The van der Waals surface area contributed by atoms with Crippen molar-refractivity contribution in [2.24, 2.45) is 10.8 Å². The van der Waals surface area contributed by atoms with E-state index in [1.165, 1.54) is 6.21 Å². The molecule has 0 bridgehead atoms. The summed E-state index contributed by atoms with van der Waals surface area (Å²) in [6.45, 7) is -0.0405. The van der Waals surface area contributed by atoms with Crippen LogP contribution in [0, 0.1) is 0 Å². The van der Waals surface area contributed by atoms with Crippen molar-refractivity contribution in [2.45, 2.75) is 6.61 Å². The molecule has 0 spiro atoms. The second-order valence-corrected chi connectivity index (χ2v) is 4.14. The highest BCUT2D eigenvalue weighted by Crippen LogP contribution is 2.26. The number of hydrogen-bond donors (Lipinski definition) is 3. The number of aliphatic hydroxyl groups is 1. The van der Waals surface area contributed by atoms with E-state index in [-0.39, 0.29) is 6.61 Å². The summed E-state index contributed by atoms with van der Waals surface area (Å²) in [4.78, 5) is 10.6. The molecule has 2 amide bonds. The monoisotopic (exact) mass is 269 g/mol. The molecular formula is C15H15N3O2. The summed E-state index contributed by atoms with van der Waals surface area (Å²) in [5.41, 5.74) is 10.6. The van der Waals surface area contributed by atoms with Crippen LogP contribution in [0.1, 0.15) is 11.1 Å². The fourth-order valence-electron chi connectivity index (χ4n) is 1.94. The molecular weight excluding hydrogens is 254 g/mol. The Bertz CT molecular complexity index is 639. The molecule has 2 aromatic rings. The quantitative estimate of drug-likeness (QED) is 0.584. The molecule has 0 heterocycles. The number of hydrazone groups is 1. The number of primary amides is 1. The smallest absolute Gasteiger partial charge is 0.332 e. The largest absolute Gasteiger partial charge is 0.392 e. The van der Waals surface area contributed by atoms with Gasteiger partial charge in [-0.25, -0.2) is 10.2 Å². The molecule has 0 aromatic heterocycles. The van der Waals surface area contributed by atoms with Crippen LogP contribution in [0.3, 0.4) is 0 Å². The lowest BCUT2D eigenvalue weighted by molar-refractivity contribution is 0.249. The predicted octanol–water partition coefficient (Wildman–Crippen LogP) is 1.85. The minimum Gasteiger partial charge on any atom is -0.392 e. The zero-order valence-corrected chi connectivity index (χ0v) is 10.8. The molecule has 102 valence electrons. The number of hydrogen-bond acceptors (Lipinski definition) is 3. The van der Waals surface area contributed by atoms with Crippen molar-refractivity contribution in [1.82, 2.24) is 5.43 Å². The number of nitrogens with two attached hydrogens (primary N) is 1. The molecule has 0 atom stereocenters. The summed E-state index contributed by atoms with van der Waals surface area (Å²) < 4.78 is 0. The van der Waals surface area contributed by atoms with Crippen LogP contribution >= 0.6 is 0 Å². The molecule has 20 heavy (non-hydrogen) atoms. The molecule has 0 aliphatic rings. The van der Waals surface area contributed by atoms with Gasteiger partial charge in [0.1, 0.15) is 0 Å². The van der Waals surface area contributed by atoms with Gasteiger partial charge in [0.05, 0.1) is 12.8 Å². The van der Waals surface area contributed by atoms with E-state index in [4.69, 9.17) is 5.73 Å². The van der Waals surface area contributed by atoms with E-state index in [9.17, 15) is 9.90 Å². The Morgan fingerprint density at radius 2 is 1.80 bits per heavy atom. The number of carbonyl (C=O) groups is 1. The highest BCUT2D eigenvalue weighted by atomic mass is 16.3. The van der Waals surface area contributed by atoms with Gasteiger partial charge in [-0.2, -0.15) is 5.10 Å². The van der Waals surface area contributed by atoms with Gasteiger partial charge in [-0.15, -0.1) is 0 Å². The Balaban J connectivity index is 2.42. The standard InChI is InChI=1S/C15H15N3O2/c16-15(20)18-17-9-11-5-1-3-7-13(11)14-8-4-2-6-12(14)10-19/h1-9,19H,10H2,(H3,16,18,20). The van der Waals surface area contributed by atoms with Crippen LogP contribution in [0.25, 0.3) is 11.1 Å². The van der Waals surface area contributed by atoms with Crippen molar-refractivity contribution in [3.63, 3.8) is 0 Å². The topological polar surface area (TPSA) is 87.7 Å². The molecule has 4 N–H and O–H groups in total. The number of urea groups is 1. The van der Waals surface area contributed by atoms with Gasteiger partial charge in [-0.3, -0.25) is 0 Å². The summed E-state index contributed by atoms with van der Waals surface area (Å²) in [5.74, 6) is 0. The third-order valence-electron chi connectivity index (χ3n) is 2.82. The summed E-state index contributed by atoms with van der Waals surface area (Å²) in [5, 5.41) is 13.2. The molecule has 0 aliphatic carbocycles. The Labute approximate surface area is 116 Å². The van der Waals surface area contributed by atoms with Gasteiger partial charge in [-0.05, 0) is 16.7 Å². The first-order valence-electron chi connectivity index (χ1n) is 6.09. The second-order valence-electron chi connectivity index (χ2n) is 4.14. The first-order chi connectivity index (χ1) is 9.72. The van der Waals surface area contributed by atoms with E-state index in [0.29, 0.717) is 0 Å². The van der Waals surface area contributed by atoms with Crippen molar-refractivity contribution in [3.05, 3.63) is 59.7 Å². The average molecular weight is 269 g/mol.